The van der Waals surface area contributed by atoms with E-state index in [2.05, 4.69) is 6.07 Å². The van der Waals surface area contributed by atoms with E-state index in [-0.39, 0.29) is 0 Å². The summed E-state index contributed by atoms with van der Waals surface area (Å²) < 4.78 is 0. The Morgan fingerprint density at radius 3 is 2.69 bits per heavy atom. The maximum atomic E-state index is 12.1. The first-order valence-electron chi connectivity index (χ1n) is 6.50. The Bertz CT molecular complexity index is 377. The van der Waals surface area contributed by atoms with Crippen molar-refractivity contribution in [2.75, 3.05) is 0 Å². The van der Waals surface area contributed by atoms with Crippen molar-refractivity contribution in [1.82, 2.24) is 0 Å². The zero-order valence-electron chi connectivity index (χ0n) is 9.63. The van der Waals surface area contributed by atoms with Crippen LogP contribution in [0.2, 0.25) is 0 Å². The van der Waals surface area contributed by atoms with Gasteiger partial charge in [0, 0.05) is 10.8 Å². The smallest absolute Gasteiger partial charge is 0.175 e. The lowest BCUT2D eigenvalue weighted by atomic mass is 9.81. The van der Waals surface area contributed by atoms with E-state index >= 15 is 0 Å². The molecule has 0 bridgehead atoms. The second-order valence-electron chi connectivity index (χ2n) is 5.11. The van der Waals surface area contributed by atoms with Gasteiger partial charge in [0.1, 0.15) is 0 Å². The summed E-state index contributed by atoms with van der Waals surface area (Å²) in [6.45, 7) is 0. The molecule has 0 atom stereocenters. The van der Waals surface area contributed by atoms with Crippen LogP contribution in [0.1, 0.15) is 58.6 Å². The molecule has 0 saturated heterocycles. The molecule has 0 spiro atoms. The predicted molar refractivity (Wildman–Crippen MR) is 67.2 cm³/mol. The maximum Gasteiger partial charge on any atom is 0.175 e. The Hall–Kier alpha value is -0.630. The van der Waals surface area contributed by atoms with Gasteiger partial charge in [-0.25, -0.2) is 0 Å². The van der Waals surface area contributed by atoms with E-state index in [1.165, 1.54) is 49.0 Å². The molecule has 86 valence electrons. The molecule has 0 amide bonds. The molecule has 0 unspecified atom stereocenters. The van der Waals surface area contributed by atoms with Gasteiger partial charge in [0.15, 0.2) is 5.78 Å². The lowest BCUT2D eigenvalue weighted by Gasteiger charge is -2.22. The lowest BCUT2D eigenvalue weighted by Crippen LogP contribution is -2.21. The molecule has 0 N–H and O–H groups in total. The number of carbonyl (C=O) groups is 1. The Morgan fingerprint density at radius 1 is 1.12 bits per heavy atom. The molecular weight excluding hydrogens is 216 g/mol. The maximum absolute atomic E-state index is 12.1. The van der Waals surface area contributed by atoms with Gasteiger partial charge in [0.25, 0.3) is 0 Å². The number of fused-ring (bicyclic) bond motifs is 1. The van der Waals surface area contributed by atoms with Crippen molar-refractivity contribution >= 4 is 17.1 Å². The highest BCUT2D eigenvalue weighted by Gasteiger charge is 2.28. The minimum atomic E-state index is 0.363. The first kappa shape index (κ1) is 10.5. The van der Waals surface area contributed by atoms with Crippen LogP contribution in [0.4, 0.5) is 0 Å². The average molecular weight is 234 g/mol. The van der Waals surface area contributed by atoms with Crippen LogP contribution in [0.15, 0.2) is 6.07 Å². The highest BCUT2D eigenvalue weighted by atomic mass is 32.1. The average Bonchev–Trinajstić information content (AvgIpc) is 2.48. The van der Waals surface area contributed by atoms with E-state index in [9.17, 15) is 4.79 Å². The number of aryl methyl sites for hydroxylation is 2. The molecule has 1 aromatic rings. The summed E-state index contributed by atoms with van der Waals surface area (Å²) in [5, 5.41) is 0. The minimum Gasteiger partial charge on any atom is -0.293 e. The fourth-order valence-corrected chi connectivity index (χ4v) is 3.93. The van der Waals surface area contributed by atoms with Crippen molar-refractivity contribution in [3.63, 3.8) is 0 Å². The topological polar surface area (TPSA) is 17.1 Å². The van der Waals surface area contributed by atoms with Crippen LogP contribution in [0, 0.1) is 5.92 Å². The van der Waals surface area contributed by atoms with Crippen molar-refractivity contribution in [3.05, 3.63) is 21.4 Å². The molecule has 2 aliphatic rings. The van der Waals surface area contributed by atoms with E-state index < -0.39 is 0 Å². The Kier molecular flexibility index (Phi) is 2.84. The normalized spacial score (nSPS) is 21.0. The summed E-state index contributed by atoms with van der Waals surface area (Å²) in [4.78, 5) is 14.7. The first-order valence-corrected chi connectivity index (χ1v) is 7.32. The summed E-state index contributed by atoms with van der Waals surface area (Å²) in [5.74, 6) is 0.798. The zero-order valence-corrected chi connectivity index (χ0v) is 10.4. The van der Waals surface area contributed by atoms with Crippen molar-refractivity contribution in [2.24, 2.45) is 5.92 Å². The van der Waals surface area contributed by atoms with Crippen LogP contribution in [0.3, 0.4) is 0 Å². The number of hydrogen-bond acceptors (Lipinski definition) is 2. The van der Waals surface area contributed by atoms with Gasteiger partial charge in [-0.3, -0.25) is 4.79 Å². The van der Waals surface area contributed by atoms with Gasteiger partial charge in [-0.15, -0.1) is 11.3 Å². The first-order chi connectivity index (χ1) is 7.84. The number of hydrogen-bond donors (Lipinski definition) is 0. The molecule has 1 nitrogen and oxygen atoms in total. The van der Waals surface area contributed by atoms with Gasteiger partial charge in [-0.1, -0.05) is 12.8 Å². The van der Waals surface area contributed by atoms with Crippen LogP contribution >= 0.6 is 11.3 Å². The number of thiophene rings is 1. The molecule has 3 rings (SSSR count). The lowest BCUT2D eigenvalue weighted by molar-refractivity contribution is 0.0859. The molecule has 0 aromatic carbocycles. The van der Waals surface area contributed by atoms with Gasteiger partial charge >= 0.3 is 0 Å². The van der Waals surface area contributed by atoms with Gasteiger partial charge < -0.3 is 0 Å². The molecule has 2 heteroatoms. The third-order valence-corrected chi connectivity index (χ3v) is 5.22. The highest BCUT2D eigenvalue weighted by Crippen LogP contribution is 2.35. The Morgan fingerprint density at radius 2 is 1.94 bits per heavy atom. The molecule has 1 saturated carbocycles. The highest BCUT2D eigenvalue weighted by molar-refractivity contribution is 7.14. The molecule has 2 aliphatic carbocycles. The summed E-state index contributed by atoms with van der Waals surface area (Å²) in [7, 11) is 0. The predicted octanol–water partition coefficient (Wildman–Crippen LogP) is 4.00. The monoisotopic (exact) mass is 234 g/mol. The van der Waals surface area contributed by atoms with Crippen LogP contribution in [0.5, 0.6) is 0 Å². The second kappa shape index (κ2) is 4.33. The summed E-state index contributed by atoms with van der Waals surface area (Å²) in [6.07, 6.45) is 9.88. The van der Waals surface area contributed by atoms with E-state index in [1.807, 2.05) is 0 Å². The van der Waals surface area contributed by atoms with E-state index in [4.69, 9.17) is 0 Å². The number of carbonyl (C=O) groups excluding carboxylic acids is 1. The van der Waals surface area contributed by atoms with Gasteiger partial charge in [-0.05, 0) is 50.2 Å². The Labute approximate surface area is 101 Å². The molecule has 0 aliphatic heterocycles. The molecule has 1 aromatic heterocycles. The van der Waals surface area contributed by atoms with Crippen LogP contribution in [-0.2, 0) is 12.8 Å². The molecular formula is C14H18OS. The third kappa shape index (κ3) is 1.84. The number of rotatable bonds is 2. The zero-order chi connectivity index (χ0) is 11.0. The molecule has 0 radical (unpaired) electrons. The Balaban J connectivity index is 1.83. The molecule has 1 heterocycles. The van der Waals surface area contributed by atoms with Crippen LogP contribution in [0.25, 0.3) is 0 Å². The quantitative estimate of drug-likeness (QED) is 0.558. The number of ketones is 1. The minimum absolute atomic E-state index is 0.363. The molecule has 16 heavy (non-hydrogen) atoms. The van der Waals surface area contributed by atoms with Gasteiger partial charge in [0.05, 0.1) is 4.88 Å². The summed E-state index contributed by atoms with van der Waals surface area (Å²) >= 11 is 1.78. The van der Waals surface area contributed by atoms with E-state index in [0.717, 1.165) is 17.7 Å². The standard InChI is InChI=1S/C14H18OS/c15-14(10-6-4-7-10)13-9-11-5-2-1-3-8-12(11)16-13/h9-10H,1-8H2. The SMILES string of the molecule is O=C(c1cc2c(s1)CCCCC2)C1CCC1. The molecule has 1 fully saturated rings. The van der Waals surface area contributed by atoms with Crippen molar-refractivity contribution in [2.45, 2.75) is 51.4 Å². The van der Waals surface area contributed by atoms with E-state index in [1.54, 1.807) is 11.3 Å². The van der Waals surface area contributed by atoms with Crippen LogP contribution in [-0.4, -0.2) is 5.78 Å². The van der Waals surface area contributed by atoms with Crippen molar-refractivity contribution in [1.29, 1.82) is 0 Å². The largest absolute Gasteiger partial charge is 0.293 e. The van der Waals surface area contributed by atoms with Crippen molar-refractivity contribution < 1.29 is 4.79 Å². The van der Waals surface area contributed by atoms with Crippen molar-refractivity contribution in [3.8, 4) is 0 Å². The summed E-state index contributed by atoms with van der Waals surface area (Å²) in [5.41, 5.74) is 1.48. The second-order valence-corrected chi connectivity index (χ2v) is 6.25. The summed E-state index contributed by atoms with van der Waals surface area (Å²) in [6, 6.07) is 2.20. The van der Waals surface area contributed by atoms with Gasteiger partial charge in [-0.2, -0.15) is 0 Å². The fraction of sp³-hybridized carbons (Fsp3) is 0.643. The van der Waals surface area contributed by atoms with E-state index in [0.29, 0.717) is 11.7 Å². The fourth-order valence-electron chi connectivity index (χ4n) is 2.66. The number of Topliss-reactive ketones (excluding diaryl/α,β-unsaturated/α-hetero) is 1. The van der Waals surface area contributed by atoms with Crippen LogP contribution < -0.4 is 0 Å². The third-order valence-electron chi connectivity index (χ3n) is 3.97. The van der Waals surface area contributed by atoms with Gasteiger partial charge in [0.2, 0.25) is 0 Å².